The van der Waals surface area contributed by atoms with Crippen LogP contribution in [-0.2, 0) is 4.79 Å². The second kappa shape index (κ2) is 6.97. The van der Waals surface area contributed by atoms with Gasteiger partial charge in [-0.05, 0) is 45.2 Å². The van der Waals surface area contributed by atoms with Crippen LogP contribution in [0.1, 0.15) is 32.6 Å². The first-order valence-electron chi connectivity index (χ1n) is 6.47. The monoisotopic (exact) mass is 266 g/mol. The van der Waals surface area contributed by atoms with Gasteiger partial charge in [0, 0.05) is 13.0 Å². The molecule has 6 heteroatoms. The van der Waals surface area contributed by atoms with Crippen LogP contribution in [0, 0.1) is 5.92 Å². The maximum absolute atomic E-state index is 12.2. The second-order valence-corrected chi connectivity index (χ2v) is 4.76. The highest BCUT2D eigenvalue weighted by molar-refractivity contribution is 5.76. The summed E-state index contributed by atoms with van der Waals surface area (Å²) >= 11 is 0. The van der Waals surface area contributed by atoms with Crippen molar-refractivity contribution >= 4 is 5.91 Å². The molecule has 0 aliphatic carbocycles. The number of carbonyl (C=O) groups excluding carboxylic acids is 1. The van der Waals surface area contributed by atoms with Crippen molar-refractivity contribution in [2.24, 2.45) is 5.92 Å². The van der Waals surface area contributed by atoms with Gasteiger partial charge >= 0.3 is 6.18 Å². The molecule has 18 heavy (non-hydrogen) atoms. The van der Waals surface area contributed by atoms with Gasteiger partial charge in [-0.1, -0.05) is 0 Å². The quantitative estimate of drug-likeness (QED) is 0.827. The SMILES string of the molecule is CCN(CC(F)(F)F)C(=O)CCC1CCNCC1. The Bertz CT molecular complexity index is 263. The number of hydrogen-bond donors (Lipinski definition) is 1. The molecule has 1 fully saturated rings. The molecule has 3 nitrogen and oxygen atoms in total. The summed E-state index contributed by atoms with van der Waals surface area (Å²) in [5.74, 6) is 0.0909. The van der Waals surface area contributed by atoms with Gasteiger partial charge in [-0.3, -0.25) is 4.79 Å². The maximum atomic E-state index is 12.2. The largest absolute Gasteiger partial charge is 0.406 e. The van der Waals surface area contributed by atoms with Crippen LogP contribution in [0.15, 0.2) is 0 Å². The number of hydrogen-bond acceptors (Lipinski definition) is 2. The van der Waals surface area contributed by atoms with Gasteiger partial charge < -0.3 is 10.2 Å². The first-order chi connectivity index (χ1) is 8.42. The molecule has 106 valence electrons. The number of amides is 1. The van der Waals surface area contributed by atoms with Crippen LogP contribution in [0.4, 0.5) is 13.2 Å². The molecule has 1 amide bonds. The lowest BCUT2D eigenvalue weighted by molar-refractivity contribution is -0.161. The number of halogens is 3. The fraction of sp³-hybridized carbons (Fsp3) is 0.917. The lowest BCUT2D eigenvalue weighted by Gasteiger charge is -2.25. The Kier molecular flexibility index (Phi) is 5.91. The molecule has 0 bridgehead atoms. The van der Waals surface area contributed by atoms with Crippen LogP contribution in [0.5, 0.6) is 0 Å². The smallest absolute Gasteiger partial charge is 0.334 e. The van der Waals surface area contributed by atoms with Gasteiger partial charge in [-0.25, -0.2) is 0 Å². The molecule has 0 saturated carbocycles. The highest BCUT2D eigenvalue weighted by Crippen LogP contribution is 2.20. The average Bonchev–Trinajstić information content (AvgIpc) is 2.33. The van der Waals surface area contributed by atoms with Crippen molar-refractivity contribution in [2.75, 3.05) is 26.2 Å². The van der Waals surface area contributed by atoms with E-state index in [-0.39, 0.29) is 18.9 Å². The van der Waals surface area contributed by atoms with Crippen molar-refractivity contribution in [2.45, 2.75) is 38.8 Å². The van der Waals surface area contributed by atoms with Gasteiger partial charge in [0.05, 0.1) is 0 Å². The van der Waals surface area contributed by atoms with Crippen LogP contribution >= 0.6 is 0 Å². The van der Waals surface area contributed by atoms with Crippen LogP contribution < -0.4 is 5.32 Å². The minimum atomic E-state index is -4.31. The van der Waals surface area contributed by atoms with Crippen LogP contribution in [0.25, 0.3) is 0 Å². The molecular weight excluding hydrogens is 245 g/mol. The topological polar surface area (TPSA) is 32.3 Å². The zero-order valence-corrected chi connectivity index (χ0v) is 10.7. The minimum absolute atomic E-state index is 0.116. The van der Waals surface area contributed by atoms with Gasteiger partial charge in [0.1, 0.15) is 6.54 Å². The van der Waals surface area contributed by atoms with Crippen molar-refractivity contribution in [1.29, 1.82) is 0 Å². The lowest BCUT2D eigenvalue weighted by Crippen LogP contribution is -2.39. The van der Waals surface area contributed by atoms with Crippen LogP contribution in [-0.4, -0.2) is 43.2 Å². The number of alkyl halides is 3. The summed E-state index contributed by atoms with van der Waals surface area (Å²) in [6, 6.07) is 0. The summed E-state index contributed by atoms with van der Waals surface area (Å²) in [7, 11) is 0. The molecule has 0 aromatic rings. The molecule has 1 aliphatic rings. The van der Waals surface area contributed by atoms with Crippen LogP contribution in [0.3, 0.4) is 0 Å². The maximum Gasteiger partial charge on any atom is 0.406 e. The van der Waals surface area contributed by atoms with Crippen molar-refractivity contribution in [3.8, 4) is 0 Å². The molecular formula is C12H21F3N2O. The number of nitrogens with one attached hydrogen (secondary N) is 1. The summed E-state index contributed by atoms with van der Waals surface area (Å²) < 4.78 is 36.7. The van der Waals surface area contributed by atoms with Crippen molar-refractivity contribution in [3.05, 3.63) is 0 Å². The Balaban J connectivity index is 2.32. The van der Waals surface area contributed by atoms with Gasteiger partial charge in [0.25, 0.3) is 0 Å². The van der Waals surface area contributed by atoms with Gasteiger partial charge in [-0.2, -0.15) is 13.2 Å². The molecule has 0 atom stereocenters. The van der Waals surface area contributed by atoms with Gasteiger partial charge in [0.15, 0.2) is 0 Å². The van der Waals surface area contributed by atoms with E-state index in [9.17, 15) is 18.0 Å². The van der Waals surface area contributed by atoms with E-state index in [1.54, 1.807) is 6.92 Å². The highest BCUT2D eigenvalue weighted by atomic mass is 19.4. The molecule has 0 unspecified atom stereocenters. The zero-order chi connectivity index (χ0) is 13.6. The second-order valence-electron chi connectivity index (χ2n) is 4.76. The molecule has 0 spiro atoms. The Morgan fingerprint density at radius 2 is 1.94 bits per heavy atom. The molecule has 0 aromatic heterocycles. The van der Waals surface area contributed by atoms with E-state index in [0.717, 1.165) is 30.8 Å². The van der Waals surface area contributed by atoms with Gasteiger partial charge in [-0.15, -0.1) is 0 Å². The van der Waals surface area contributed by atoms with E-state index in [2.05, 4.69) is 5.32 Å². The Hall–Kier alpha value is -0.780. The molecule has 1 N–H and O–H groups in total. The number of rotatable bonds is 5. The summed E-state index contributed by atoms with van der Waals surface area (Å²) in [6.07, 6.45) is -1.35. The Labute approximate surface area is 106 Å². The Morgan fingerprint density at radius 1 is 1.33 bits per heavy atom. The fourth-order valence-corrected chi connectivity index (χ4v) is 2.25. The van der Waals surface area contributed by atoms with Crippen LogP contribution in [0.2, 0.25) is 0 Å². The standard InChI is InChI=1S/C12H21F3N2O/c1-2-17(9-12(13,14)15)11(18)4-3-10-5-7-16-8-6-10/h10,16H,2-9H2,1H3. The minimum Gasteiger partial charge on any atom is -0.334 e. The third-order valence-electron chi connectivity index (χ3n) is 3.33. The van der Waals surface area contributed by atoms with E-state index < -0.39 is 12.7 Å². The highest BCUT2D eigenvalue weighted by Gasteiger charge is 2.32. The van der Waals surface area contributed by atoms with E-state index in [4.69, 9.17) is 0 Å². The normalized spacial score (nSPS) is 17.8. The molecule has 1 saturated heterocycles. The molecule has 1 heterocycles. The third-order valence-corrected chi connectivity index (χ3v) is 3.33. The van der Waals surface area contributed by atoms with E-state index in [0.29, 0.717) is 12.3 Å². The zero-order valence-electron chi connectivity index (χ0n) is 10.7. The summed E-state index contributed by atoms with van der Waals surface area (Å²) in [4.78, 5) is 12.6. The molecule has 1 aliphatic heterocycles. The Morgan fingerprint density at radius 3 is 2.44 bits per heavy atom. The van der Waals surface area contributed by atoms with E-state index in [1.807, 2.05) is 0 Å². The van der Waals surface area contributed by atoms with Crippen molar-refractivity contribution < 1.29 is 18.0 Å². The first kappa shape index (κ1) is 15.3. The van der Waals surface area contributed by atoms with Crippen molar-refractivity contribution in [3.63, 3.8) is 0 Å². The first-order valence-corrected chi connectivity index (χ1v) is 6.47. The summed E-state index contributed by atoms with van der Waals surface area (Å²) in [5.41, 5.74) is 0. The molecule has 1 rings (SSSR count). The number of carbonyl (C=O) groups is 1. The average molecular weight is 266 g/mol. The number of piperidine rings is 1. The van der Waals surface area contributed by atoms with E-state index >= 15 is 0 Å². The summed E-state index contributed by atoms with van der Waals surface area (Å²) in [5, 5.41) is 3.22. The molecule has 0 radical (unpaired) electrons. The number of nitrogens with zero attached hydrogens (tertiary/aromatic N) is 1. The predicted molar refractivity (Wildman–Crippen MR) is 63.1 cm³/mol. The lowest BCUT2D eigenvalue weighted by atomic mass is 9.93. The van der Waals surface area contributed by atoms with Gasteiger partial charge in [0.2, 0.25) is 5.91 Å². The predicted octanol–water partition coefficient (Wildman–Crippen LogP) is 2.18. The van der Waals surface area contributed by atoms with E-state index in [1.165, 1.54) is 0 Å². The third kappa shape index (κ3) is 5.71. The fourth-order valence-electron chi connectivity index (χ4n) is 2.25. The molecule has 0 aromatic carbocycles. The summed E-state index contributed by atoms with van der Waals surface area (Å²) in [6.45, 7) is 2.45. The van der Waals surface area contributed by atoms with Crippen molar-refractivity contribution in [1.82, 2.24) is 10.2 Å².